The standard InChI is InChI=1S/C23H33N7O2S/c1-23(2,3)32-22(31)30-12-10-29(11-13-30)19(24)18-17(27-25)16-14-8-6-7-9-15(14)20(28(4)5)26-21(16)33-18/h24-25H,6-13H2,1-5H3. The van der Waals surface area contributed by atoms with E-state index in [1.54, 1.807) is 4.90 Å². The molecule has 0 bridgehead atoms. The van der Waals surface area contributed by atoms with Gasteiger partial charge < -0.3 is 19.4 Å². The van der Waals surface area contributed by atoms with Crippen molar-refractivity contribution in [2.75, 3.05) is 45.2 Å². The number of aromatic nitrogens is 1. The summed E-state index contributed by atoms with van der Waals surface area (Å²) >= 11 is 1.45. The van der Waals surface area contributed by atoms with Gasteiger partial charge in [-0.1, -0.05) is 0 Å². The molecule has 0 spiro atoms. The summed E-state index contributed by atoms with van der Waals surface area (Å²) in [7, 11) is 4.03. The highest BCUT2D eigenvalue weighted by atomic mass is 32.1. The molecular formula is C23H33N7O2S. The van der Waals surface area contributed by atoms with E-state index in [1.165, 1.54) is 22.5 Å². The van der Waals surface area contributed by atoms with Gasteiger partial charge in [0.2, 0.25) is 0 Å². The van der Waals surface area contributed by atoms with Gasteiger partial charge in [0.25, 0.3) is 0 Å². The first-order valence-electron chi connectivity index (χ1n) is 11.5. The molecule has 0 unspecified atom stereocenters. The maximum absolute atomic E-state index is 12.4. The van der Waals surface area contributed by atoms with Crippen molar-refractivity contribution in [1.29, 1.82) is 10.9 Å². The van der Waals surface area contributed by atoms with Gasteiger partial charge in [-0.2, -0.15) is 5.11 Å². The Bertz CT molecular complexity index is 1090. The van der Waals surface area contributed by atoms with Crippen LogP contribution in [0, 0.1) is 10.9 Å². The van der Waals surface area contributed by atoms with E-state index in [1.807, 2.05) is 39.8 Å². The van der Waals surface area contributed by atoms with Gasteiger partial charge in [-0.3, -0.25) is 5.41 Å². The van der Waals surface area contributed by atoms with Crippen LogP contribution in [0.1, 0.15) is 49.6 Å². The van der Waals surface area contributed by atoms with E-state index in [4.69, 9.17) is 20.7 Å². The van der Waals surface area contributed by atoms with E-state index >= 15 is 0 Å². The van der Waals surface area contributed by atoms with Crippen LogP contribution in [-0.4, -0.2) is 72.6 Å². The van der Waals surface area contributed by atoms with Crippen LogP contribution < -0.4 is 4.90 Å². The predicted octanol–water partition coefficient (Wildman–Crippen LogP) is 4.78. The summed E-state index contributed by atoms with van der Waals surface area (Å²) in [5.41, 5.74) is 10.5. The van der Waals surface area contributed by atoms with Crippen molar-refractivity contribution >= 4 is 45.0 Å². The smallest absolute Gasteiger partial charge is 0.410 e. The Morgan fingerprint density at radius 1 is 1.09 bits per heavy atom. The van der Waals surface area contributed by atoms with Gasteiger partial charge in [0.15, 0.2) is 0 Å². The fourth-order valence-corrected chi connectivity index (χ4v) is 5.69. The third kappa shape index (κ3) is 4.53. The highest BCUT2D eigenvalue weighted by Crippen LogP contribution is 2.44. The second-order valence-electron chi connectivity index (χ2n) is 9.87. The van der Waals surface area contributed by atoms with Crippen LogP contribution in [0.2, 0.25) is 0 Å². The Balaban J connectivity index is 1.62. The number of nitrogens with one attached hydrogen (secondary N) is 2. The summed E-state index contributed by atoms with van der Waals surface area (Å²) in [5.74, 6) is 1.34. The summed E-state index contributed by atoms with van der Waals surface area (Å²) in [5, 5.41) is 13.8. The zero-order chi connectivity index (χ0) is 23.9. The molecule has 1 amide bonds. The molecule has 0 saturated carbocycles. The number of ether oxygens (including phenoxy) is 1. The Morgan fingerprint density at radius 2 is 1.70 bits per heavy atom. The molecule has 3 heterocycles. The summed E-state index contributed by atoms with van der Waals surface area (Å²) in [6.45, 7) is 7.65. The Morgan fingerprint density at radius 3 is 2.27 bits per heavy atom. The van der Waals surface area contributed by atoms with Gasteiger partial charge in [0.05, 0.1) is 4.88 Å². The Kier molecular flexibility index (Phi) is 6.30. The molecule has 4 rings (SSSR count). The second-order valence-corrected chi connectivity index (χ2v) is 10.9. The molecule has 2 N–H and O–H groups in total. The Hall–Kier alpha value is -2.75. The maximum atomic E-state index is 12.4. The molecule has 33 heavy (non-hydrogen) atoms. The lowest BCUT2D eigenvalue weighted by Crippen LogP contribution is -2.51. The Labute approximate surface area is 198 Å². The topological polar surface area (TPSA) is 109 Å². The minimum absolute atomic E-state index is 0.315. The molecule has 0 atom stereocenters. The number of amidine groups is 1. The molecule has 0 aromatic carbocycles. The molecule has 1 aliphatic carbocycles. The molecule has 178 valence electrons. The van der Waals surface area contributed by atoms with Crippen molar-refractivity contribution in [2.24, 2.45) is 5.11 Å². The lowest BCUT2D eigenvalue weighted by molar-refractivity contribution is 0.0187. The van der Waals surface area contributed by atoms with Crippen molar-refractivity contribution in [2.45, 2.75) is 52.1 Å². The number of nitrogens with zero attached hydrogens (tertiary/aromatic N) is 5. The highest BCUT2D eigenvalue weighted by molar-refractivity contribution is 7.21. The van der Waals surface area contributed by atoms with E-state index in [2.05, 4.69) is 10.0 Å². The lowest BCUT2D eigenvalue weighted by atomic mass is 9.89. The van der Waals surface area contributed by atoms with Crippen LogP contribution in [0.3, 0.4) is 0 Å². The van der Waals surface area contributed by atoms with Crippen LogP contribution >= 0.6 is 11.3 Å². The zero-order valence-electron chi connectivity index (χ0n) is 20.1. The van der Waals surface area contributed by atoms with Crippen LogP contribution in [0.25, 0.3) is 10.2 Å². The molecular weight excluding hydrogens is 438 g/mol. The first-order chi connectivity index (χ1) is 15.6. The number of aryl methyl sites for hydroxylation is 1. The number of rotatable bonds is 3. The second kappa shape index (κ2) is 8.89. The molecule has 10 heteroatoms. The lowest BCUT2D eigenvalue weighted by Gasteiger charge is -2.36. The highest BCUT2D eigenvalue weighted by Gasteiger charge is 2.30. The zero-order valence-corrected chi connectivity index (χ0v) is 20.9. The molecule has 1 fully saturated rings. The van der Waals surface area contributed by atoms with Crippen molar-refractivity contribution in [3.8, 4) is 0 Å². The monoisotopic (exact) mass is 471 g/mol. The van der Waals surface area contributed by atoms with Gasteiger partial charge in [0.1, 0.15) is 27.8 Å². The van der Waals surface area contributed by atoms with Gasteiger partial charge in [-0.25, -0.2) is 15.3 Å². The normalized spacial score (nSPS) is 16.5. The fraction of sp³-hybridized carbons (Fsp3) is 0.609. The van der Waals surface area contributed by atoms with Crippen LogP contribution in [-0.2, 0) is 17.6 Å². The summed E-state index contributed by atoms with van der Waals surface area (Å²) in [6, 6.07) is 0. The quantitative estimate of drug-likeness (QED) is 0.380. The molecule has 0 radical (unpaired) electrons. The van der Waals surface area contributed by atoms with E-state index in [9.17, 15) is 4.79 Å². The number of amides is 1. The number of fused-ring (bicyclic) bond motifs is 3. The minimum Gasteiger partial charge on any atom is -0.444 e. The van der Waals surface area contributed by atoms with E-state index in [-0.39, 0.29) is 6.09 Å². The number of anilines is 1. The third-order valence-electron chi connectivity index (χ3n) is 6.11. The predicted molar refractivity (Wildman–Crippen MR) is 132 cm³/mol. The van der Waals surface area contributed by atoms with Crippen molar-refractivity contribution in [3.05, 3.63) is 16.0 Å². The summed E-state index contributed by atoms with van der Waals surface area (Å²) < 4.78 is 5.48. The SMILES string of the molecule is CN(C)c1nc2sc(C(=N)N3CCN(C(=O)OC(C)(C)C)CC3)c(N=N)c2c2c1CCCC2. The molecule has 1 aliphatic heterocycles. The van der Waals surface area contributed by atoms with Crippen molar-refractivity contribution in [3.63, 3.8) is 0 Å². The van der Waals surface area contributed by atoms with Crippen molar-refractivity contribution < 1.29 is 9.53 Å². The first kappa shape index (κ1) is 23.4. The number of pyridine rings is 1. The average molecular weight is 472 g/mol. The average Bonchev–Trinajstić information content (AvgIpc) is 3.15. The molecule has 1 saturated heterocycles. The van der Waals surface area contributed by atoms with E-state index in [0.29, 0.717) is 42.6 Å². The third-order valence-corrected chi connectivity index (χ3v) is 7.19. The maximum Gasteiger partial charge on any atom is 0.410 e. The number of carbonyl (C=O) groups excluding carboxylic acids is 1. The molecule has 2 aromatic heterocycles. The van der Waals surface area contributed by atoms with Gasteiger partial charge >= 0.3 is 6.09 Å². The molecule has 2 aliphatic rings. The van der Waals surface area contributed by atoms with Crippen LogP contribution in [0.15, 0.2) is 5.11 Å². The number of carbonyl (C=O) groups is 1. The van der Waals surface area contributed by atoms with E-state index in [0.717, 1.165) is 41.7 Å². The first-order valence-corrected chi connectivity index (χ1v) is 12.3. The van der Waals surface area contributed by atoms with Crippen LogP contribution in [0.4, 0.5) is 16.3 Å². The summed E-state index contributed by atoms with van der Waals surface area (Å²) in [6.07, 6.45) is 3.88. The van der Waals surface area contributed by atoms with Gasteiger partial charge in [-0.15, -0.1) is 11.3 Å². The largest absolute Gasteiger partial charge is 0.444 e. The number of hydrogen-bond acceptors (Lipinski definition) is 8. The number of piperazine rings is 1. The van der Waals surface area contributed by atoms with Gasteiger partial charge in [-0.05, 0) is 57.6 Å². The van der Waals surface area contributed by atoms with Gasteiger partial charge in [0, 0.05) is 45.7 Å². The van der Waals surface area contributed by atoms with Crippen molar-refractivity contribution in [1.82, 2.24) is 14.8 Å². The van der Waals surface area contributed by atoms with E-state index < -0.39 is 5.60 Å². The molecule has 2 aromatic rings. The van der Waals surface area contributed by atoms with Crippen LogP contribution in [0.5, 0.6) is 0 Å². The fourth-order valence-electron chi connectivity index (χ4n) is 4.57. The molecule has 9 nitrogen and oxygen atoms in total. The summed E-state index contributed by atoms with van der Waals surface area (Å²) in [4.78, 5) is 24.5. The number of hydrogen-bond donors (Lipinski definition) is 2. The number of thiophene rings is 1. The minimum atomic E-state index is -0.528.